The predicted octanol–water partition coefficient (Wildman–Crippen LogP) is 0.895. The van der Waals surface area contributed by atoms with Gasteiger partial charge in [-0.3, -0.25) is 4.90 Å². The molecule has 1 aromatic rings. The lowest BCUT2D eigenvalue weighted by Gasteiger charge is -2.32. The summed E-state index contributed by atoms with van der Waals surface area (Å²) in [6, 6.07) is 2.38. The molecule has 2 rings (SSSR count). The van der Waals surface area contributed by atoms with Gasteiger partial charge in [0, 0.05) is 25.2 Å². The molecule has 72 valence electrons. The van der Waals surface area contributed by atoms with Crippen LogP contribution in [0.25, 0.3) is 0 Å². The van der Waals surface area contributed by atoms with E-state index in [1.54, 1.807) is 6.26 Å². The SMILES string of the molecule is C[C@@H]1COCCN1Cc1ccon1. The van der Waals surface area contributed by atoms with Gasteiger partial charge < -0.3 is 9.26 Å². The minimum atomic E-state index is 0.477. The number of morpholine rings is 1. The van der Waals surface area contributed by atoms with Crippen molar-refractivity contribution in [3.8, 4) is 0 Å². The summed E-state index contributed by atoms with van der Waals surface area (Å²) in [7, 11) is 0. The molecule has 0 N–H and O–H groups in total. The quantitative estimate of drug-likeness (QED) is 0.681. The second kappa shape index (κ2) is 3.89. The maximum Gasteiger partial charge on any atom is 0.124 e. The molecule has 4 nitrogen and oxygen atoms in total. The molecule has 1 aliphatic heterocycles. The van der Waals surface area contributed by atoms with Crippen LogP contribution in [-0.4, -0.2) is 35.9 Å². The van der Waals surface area contributed by atoms with Gasteiger partial charge in [-0.2, -0.15) is 0 Å². The van der Waals surface area contributed by atoms with E-state index in [0.29, 0.717) is 6.04 Å². The fourth-order valence-corrected chi connectivity index (χ4v) is 1.52. The summed E-state index contributed by atoms with van der Waals surface area (Å²) in [5, 5.41) is 3.89. The summed E-state index contributed by atoms with van der Waals surface area (Å²) < 4.78 is 10.1. The van der Waals surface area contributed by atoms with Gasteiger partial charge in [0.2, 0.25) is 0 Å². The third kappa shape index (κ3) is 2.08. The zero-order valence-corrected chi connectivity index (χ0v) is 7.77. The number of rotatable bonds is 2. The van der Waals surface area contributed by atoms with Crippen molar-refractivity contribution < 1.29 is 9.26 Å². The zero-order chi connectivity index (χ0) is 9.10. The first-order valence-corrected chi connectivity index (χ1v) is 4.57. The minimum absolute atomic E-state index is 0.477. The lowest BCUT2D eigenvalue weighted by atomic mass is 10.2. The summed E-state index contributed by atoms with van der Waals surface area (Å²) in [4.78, 5) is 2.35. The van der Waals surface area contributed by atoms with Crippen molar-refractivity contribution in [2.24, 2.45) is 0 Å². The van der Waals surface area contributed by atoms with E-state index in [2.05, 4.69) is 17.0 Å². The van der Waals surface area contributed by atoms with Gasteiger partial charge in [-0.1, -0.05) is 5.16 Å². The van der Waals surface area contributed by atoms with E-state index < -0.39 is 0 Å². The molecule has 0 radical (unpaired) electrons. The molecule has 0 unspecified atom stereocenters. The Balaban J connectivity index is 1.93. The first-order valence-electron chi connectivity index (χ1n) is 4.57. The summed E-state index contributed by atoms with van der Waals surface area (Å²) in [6.45, 7) is 5.65. The van der Waals surface area contributed by atoms with Gasteiger partial charge in [-0.05, 0) is 6.92 Å². The van der Waals surface area contributed by atoms with Crippen LogP contribution in [0.5, 0.6) is 0 Å². The number of nitrogens with zero attached hydrogens (tertiary/aromatic N) is 2. The van der Waals surface area contributed by atoms with Crippen molar-refractivity contribution in [1.82, 2.24) is 10.1 Å². The fourth-order valence-electron chi connectivity index (χ4n) is 1.52. The van der Waals surface area contributed by atoms with Crippen LogP contribution >= 0.6 is 0 Å². The minimum Gasteiger partial charge on any atom is -0.379 e. The van der Waals surface area contributed by atoms with Gasteiger partial charge in [-0.15, -0.1) is 0 Å². The summed E-state index contributed by atoms with van der Waals surface area (Å²) in [5.41, 5.74) is 0.994. The Bertz CT molecular complexity index is 248. The highest BCUT2D eigenvalue weighted by atomic mass is 16.5. The van der Waals surface area contributed by atoms with Gasteiger partial charge in [0.05, 0.1) is 18.9 Å². The predicted molar refractivity (Wildman–Crippen MR) is 47.2 cm³/mol. The van der Waals surface area contributed by atoms with E-state index >= 15 is 0 Å². The highest BCUT2D eigenvalue weighted by molar-refractivity contribution is 4.95. The highest BCUT2D eigenvalue weighted by Crippen LogP contribution is 2.10. The Morgan fingerprint density at radius 2 is 2.62 bits per heavy atom. The molecule has 2 heterocycles. The Labute approximate surface area is 77.5 Å². The molecule has 13 heavy (non-hydrogen) atoms. The average molecular weight is 182 g/mol. The summed E-state index contributed by atoms with van der Waals surface area (Å²) in [5.74, 6) is 0. The van der Waals surface area contributed by atoms with Crippen LogP contribution in [0.15, 0.2) is 16.9 Å². The van der Waals surface area contributed by atoms with Crippen LogP contribution in [0.1, 0.15) is 12.6 Å². The van der Waals surface area contributed by atoms with E-state index in [-0.39, 0.29) is 0 Å². The second-order valence-corrected chi connectivity index (χ2v) is 3.39. The van der Waals surface area contributed by atoms with E-state index in [1.165, 1.54) is 0 Å². The van der Waals surface area contributed by atoms with Crippen LogP contribution in [0.4, 0.5) is 0 Å². The van der Waals surface area contributed by atoms with Crippen LogP contribution in [0, 0.1) is 0 Å². The molecule has 0 bridgehead atoms. The lowest BCUT2D eigenvalue weighted by molar-refractivity contribution is -0.00525. The van der Waals surface area contributed by atoms with Gasteiger partial charge in [-0.25, -0.2) is 0 Å². The third-order valence-corrected chi connectivity index (χ3v) is 2.36. The van der Waals surface area contributed by atoms with Gasteiger partial charge in [0.25, 0.3) is 0 Å². The van der Waals surface area contributed by atoms with E-state index in [1.807, 2.05) is 6.07 Å². The molecule has 0 amide bonds. The van der Waals surface area contributed by atoms with E-state index in [4.69, 9.17) is 9.26 Å². The summed E-state index contributed by atoms with van der Waals surface area (Å²) in [6.07, 6.45) is 1.61. The van der Waals surface area contributed by atoms with Crippen LogP contribution in [-0.2, 0) is 11.3 Å². The standard InChI is InChI=1S/C9H14N2O2/c1-8-7-12-5-3-11(8)6-9-2-4-13-10-9/h2,4,8H,3,5-7H2,1H3/t8-/m1/s1. The smallest absolute Gasteiger partial charge is 0.124 e. The molecule has 0 spiro atoms. The van der Waals surface area contributed by atoms with Crippen molar-refractivity contribution >= 4 is 0 Å². The molecule has 0 aliphatic carbocycles. The molecular weight excluding hydrogens is 168 g/mol. The zero-order valence-electron chi connectivity index (χ0n) is 7.77. The molecular formula is C9H14N2O2. The lowest BCUT2D eigenvalue weighted by Crippen LogP contribution is -2.42. The Hall–Kier alpha value is -0.870. The van der Waals surface area contributed by atoms with Crippen molar-refractivity contribution in [3.05, 3.63) is 18.0 Å². The first-order chi connectivity index (χ1) is 6.36. The molecule has 1 saturated heterocycles. The van der Waals surface area contributed by atoms with Crippen molar-refractivity contribution in [1.29, 1.82) is 0 Å². The topological polar surface area (TPSA) is 38.5 Å². The van der Waals surface area contributed by atoms with E-state index in [0.717, 1.165) is 32.0 Å². The molecule has 4 heteroatoms. The third-order valence-electron chi connectivity index (χ3n) is 2.36. The normalized spacial score (nSPS) is 24.8. The molecule has 1 fully saturated rings. The van der Waals surface area contributed by atoms with Gasteiger partial charge >= 0.3 is 0 Å². The Morgan fingerprint density at radius 3 is 3.31 bits per heavy atom. The monoisotopic (exact) mass is 182 g/mol. The van der Waals surface area contributed by atoms with E-state index in [9.17, 15) is 0 Å². The van der Waals surface area contributed by atoms with Crippen molar-refractivity contribution in [2.45, 2.75) is 19.5 Å². The maximum atomic E-state index is 5.35. The fraction of sp³-hybridized carbons (Fsp3) is 0.667. The van der Waals surface area contributed by atoms with Crippen LogP contribution < -0.4 is 0 Å². The highest BCUT2D eigenvalue weighted by Gasteiger charge is 2.19. The van der Waals surface area contributed by atoms with Gasteiger partial charge in [0.15, 0.2) is 0 Å². The number of hydrogen-bond acceptors (Lipinski definition) is 4. The average Bonchev–Trinajstić information content (AvgIpc) is 2.61. The first kappa shape index (κ1) is 8.72. The van der Waals surface area contributed by atoms with Crippen LogP contribution in [0.3, 0.4) is 0 Å². The Kier molecular flexibility index (Phi) is 2.61. The molecule has 0 saturated carbocycles. The van der Waals surface area contributed by atoms with Crippen molar-refractivity contribution in [3.63, 3.8) is 0 Å². The largest absolute Gasteiger partial charge is 0.379 e. The second-order valence-electron chi connectivity index (χ2n) is 3.39. The molecule has 1 atom stereocenters. The summed E-state index contributed by atoms with van der Waals surface area (Å²) >= 11 is 0. The molecule has 1 aromatic heterocycles. The number of ether oxygens (including phenoxy) is 1. The molecule has 1 aliphatic rings. The van der Waals surface area contributed by atoms with Gasteiger partial charge in [0.1, 0.15) is 6.26 Å². The number of hydrogen-bond donors (Lipinski definition) is 0. The van der Waals surface area contributed by atoms with Crippen molar-refractivity contribution in [2.75, 3.05) is 19.8 Å². The Morgan fingerprint density at radius 1 is 1.69 bits per heavy atom. The van der Waals surface area contributed by atoms with Crippen LogP contribution in [0.2, 0.25) is 0 Å². The maximum absolute atomic E-state index is 5.35. The number of aromatic nitrogens is 1. The molecule has 0 aromatic carbocycles.